The first-order valence-corrected chi connectivity index (χ1v) is 14.4. The van der Waals surface area contributed by atoms with E-state index in [0.717, 1.165) is 6.42 Å². The highest BCUT2D eigenvalue weighted by molar-refractivity contribution is 8.00. The second kappa shape index (κ2) is 7.44. The Balaban J connectivity index is 1.88. The Hall–Kier alpha value is -1.29. The Morgan fingerprint density at radius 1 is 0.966 bits per heavy atom. The van der Waals surface area contributed by atoms with Crippen LogP contribution >= 0.6 is 11.8 Å². The van der Waals surface area contributed by atoms with Crippen LogP contribution < -0.4 is 10.2 Å². The molecule has 1 aliphatic heterocycles. The third-order valence-corrected chi connectivity index (χ3v) is 13.5. The largest absolute Gasteiger partial charge is 0.329 e. The van der Waals surface area contributed by atoms with Gasteiger partial charge in [-0.05, 0) is 63.4 Å². The summed E-state index contributed by atoms with van der Waals surface area (Å²) in [7, 11) is -2.05. The molecule has 0 amide bonds. The normalized spacial score (nSPS) is 25.7. The van der Waals surface area contributed by atoms with Crippen molar-refractivity contribution in [3.05, 3.63) is 70.8 Å². The lowest BCUT2D eigenvalue weighted by molar-refractivity contribution is 0.508. The van der Waals surface area contributed by atoms with Crippen molar-refractivity contribution >= 4 is 25.2 Å². The molecule has 2 aromatic rings. The van der Waals surface area contributed by atoms with E-state index in [9.17, 15) is 0 Å². The summed E-state index contributed by atoms with van der Waals surface area (Å²) < 4.78 is 0. The van der Waals surface area contributed by atoms with Gasteiger partial charge in [0.15, 0.2) is 8.24 Å². The monoisotopic (exact) mass is 421 g/mol. The summed E-state index contributed by atoms with van der Waals surface area (Å²) >= 11 is 2.14. The third kappa shape index (κ3) is 3.45. The minimum absolute atomic E-state index is 0.0875. The number of nitrogens with one attached hydrogen (secondary N) is 1. The molecule has 0 bridgehead atoms. The van der Waals surface area contributed by atoms with E-state index in [1.165, 1.54) is 10.5 Å². The van der Waals surface area contributed by atoms with E-state index in [1.807, 2.05) is 0 Å². The van der Waals surface area contributed by atoms with Crippen LogP contribution in [0.3, 0.4) is 0 Å². The molecule has 0 saturated heterocycles. The van der Waals surface area contributed by atoms with Crippen LogP contribution in [0.15, 0.2) is 64.6 Å². The average molecular weight is 422 g/mol. The fraction of sp³-hybridized carbons (Fsp3) is 0.462. The van der Waals surface area contributed by atoms with Crippen LogP contribution in [0.25, 0.3) is 0 Å². The topological polar surface area (TPSA) is 12.0 Å². The number of benzene rings is 2. The SMILES string of the molecule is CCc1ccccc1[Si](C)(NC(C)(C)C)C1C(C)=C(C)C2c3ccccc3SC21. The molecule has 2 aliphatic rings. The van der Waals surface area contributed by atoms with Gasteiger partial charge >= 0.3 is 0 Å². The van der Waals surface area contributed by atoms with Crippen LogP contribution in [0, 0.1) is 0 Å². The number of fused-ring (bicyclic) bond motifs is 3. The Bertz CT molecular complexity index is 957. The first-order chi connectivity index (χ1) is 13.7. The predicted molar refractivity (Wildman–Crippen MR) is 131 cm³/mol. The van der Waals surface area contributed by atoms with Gasteiger partial charge in [-0.2, -0.15) is 0 Å². The molecule has 3 heteroatoms. The number of rotatable bonds is 4. The molecule has 0 fully saturated rings. The number of hydrogen-bond acceptors (Lipinski definition) is 2. The van der Waals surface area contributed by atoms with Crippen molar-refractivity contribution in [3.8, 4) is 0 Å². The zero-order valence-electron chi connectivity index (χ0n) is 19.0. The Morgan fingerprint density at radius 3 is 2.31 bits per heavy atom. The smallest absolute Gasteiger partial charge is 0.163 e. The van der Waals surface area contributed by atoms with Crippen LogP contribution in [0.2, 0.25) is 12.1 Å². The van der Waals surface area contributed by atoms with Gasteiger partial charge in [0.05, 0.1) is 0 Å². The minimum atomic E-state index is -2.05. The molecule has 2 aromatic carbocycles. The molecule has 4 unspecified atom stereocenters. The van der Waals surface area contributed by atoms with E-state index < -0.39 is 8.24 Å². The van der Waals surface area contributed by atoms with Crippen LogP contribution in [0.1, 0.15) is 58.6 Å². The van der Waals surface area contributed by atoms with Gasteiger partial charge in [0.1, 0.15) is 0 Å². The molecular weight excluding hydrogens is 386 g/mol. The van der Waals surface area contributed by atoms with Crippen LogP contribution in [-0.2, 0) is 6.42 Å². The van der Waals surface area contributed by atoms with Crippen LogP contribution in [-0.4, -0.2) is 19.0 Å². The number of thioether (sulfide) groups is 1. The van der Waals surface area contributed by atoms with Crippen molar-refractivity contribution in [2.45, 2.75) is 81.7 Å². The third-order valence-electron chi connectivity index (χ3n) is 6.94. The summed E-state index contributed by atoms with van der Waals surface area (Å²) in [5, 5.41) is 2.22. The quantitative estimate of drug-likeness (QED) is 0.453. The maximum Gasteiger partial charge on any atom is 0.163 e. The van der Waals surface area contributed by atoms with Crippen molar-refractivity contribution in [3.63, 3.8) is 0 Å². The molecule has 29 heavy (non-hydrogen) atoms. The lowest BCUT2D eigenvalue weighted by Crippen LogP contribution is -2.68. The minimum Gasteiger partial charge on any atom is -0.329 e. The zero-order chi connectivity index (χ0) is 21.0. The van der Waals surface area contributed by atoms with Crippen molar-refractivity contribution < 1.29 is 0 Å². The summed E-state index contributed by atoms with van der Waals surface area (Å²) in [6, 6.07) is 18.3. The molecule has 0 saturated carbocycles. The summed E-state index contributed by atoms with van der Waals surface area (Å²) in [4.78, 5) is 5.74. The standard InChI is InChI=1S/C26H35NSSi/c1-8-19-13-9-12-16-22(19)29(7,27-26(4,5)6)25-18(3)17(2)23-20-14-10-11-15-21(20)28-24(23)25/h9-16,23-25,27H,8H2,1-7H3. The van der Waals surface area contributed by atoms with Gasteiger partial charge in [0, 0.05) is 27.1 Å². The molecule has 0 radical (unpaired) electrons. The first kappa shape index (κ1) is 21.0. The number of hydrogen-bond donors (Lipinski definition) is 1. The van der Waals surface area contributed by atoms with Gasteiger partial charge in [-0.25, -0.2) is 0 Å². The van der Waals surface area contributed by atoms with Gasteiger partial charge in [0.2, 0.25) is 0 Å². The van der Waals surface area contributed by atoms with Gasteiger partial charge in [-0.15, -0.1) is 11.8 Å². The number of aryl methyl sites for hydroxylation is 1. The summed E-state index contributed by atoms with van der Waals surface area (Å²) in [5.74, 6) is 0.573. The molecule has 1 aliphatic carbocycles. The Morgan fingerprint density at radius 2 is 1.62 bits per heavy atom. The van der Waals surface area contributed by atoms with Crippen molar-refractivity contribution in [1.82, 2.24) is 4.98 Å². The van der Waals surface area contributed by atoms with Crippen LogP contribution in [0.5, 0.6) is 0 Å². The van der Waals surface area contributed by atoms with Gasteiger partial charge in [-0.1, -0.05) is 67.1 Å². The van der Waals surface area contributed by atoms with E-state index in [0.29, 0.717) is 16.7 Å². The molecule has 0 spiro atoms. The Labute approximate surface area is 182 Å². The summed E-state index contributed by atoms with van der Waals surface area (Å²) in [5.41, 5.74) is 7.01. The zero-order valence-corrected chi connectivity index (χ0v) is 20.8. The molecule has 1 nitrogen and oxygen atoms in total. The second-order valence-electron chi connectivity index (χ2n) is 10.0. The average Bonchev–Trinajstić information content (AvgIpc) is 3.15. The highest BCUT2D eigenvalue weighted by Crippen LogP contribution is 2.61. The molecule has 1 heterocycles. The highest BCUT2D eigenvalue weighted by Gasteiger charge is 2.55. The predicted octanol–water partition coefficient (Wildman–Crippen LogP) is 6.40. The first-order valence-electron chi connectivity index (χ1n) is 11.0. The van der Waals surface area contributed by atoms with Gasteiger partial charge in [-0.3, -0.25) is 0 Å². The lowest BCUT2D eigenvalue weighted by atomic mass is 9.93. The molecule has 4 rings (SSSR count). The maximum atomic E-state index is 4.25. The molecule has 0 aromatic heterocycles. The second-order valence-corrected chi connectivity index (χ2v) is 15.1. The molecule has 4 atom stereocenters. The molecule has 154 valence electrons. The van der Waals surface area contributed by atoms with E-state index in [2.05, 4.69) is 113 Å². The fourth-order valence-electron chi connectivity index (χ4n) is 5.90. The van der Waals surface area contributed by atoms with E-state index in [4.69, 9.17) is 0 Å². The van der Waals surface area contributed by atoms with Crippen molar-refractivity contribution in [1.29, 1.82) is 0 Å². The highest BCUT2D eigenvalue weighted by atomic mass is 32.2. The van der Waals surface area contributed by atoms with Crippen molar-refractivity contribution in [2.75, 3.05) is 0 Å². The Kier molecular flexibility index (Phi) is 5.38. The van der Waals surface area contributed by atoms with Gasteiger partial charge < -0.3 is 4.98 Å². The van der Waals surface area contributed by atoms with E-state index in [1.54, 1.807) is 21.9 Å². The van der Waals surface area contributed by atoms with Gasteiger partial charge in [0.25, 0.3) is 0 Å². The fourth-order valence-corrected chi connectivity index (χ4v) is 14.0. The molecular formula is C26H35NSSi. The lowest BCUT2D eigenvalue weighted by Gasteiger charge is -2.44. The summed E-state index contributed by atoms with van der Waals surface area (Å²) in [6.07, 6.45) is 1.10. The van der Waals surface area contributed by atoms with Crippen LogP contribution in [0.4, 0.5) is 0 Å². The summed E-state index contributed by atoms with van der Waals surface area (Å²) in [6.45, 7) is 16.7. The van der Waals surface area contributed by atoms with Crippen molar-refractivity contribution in [2.24, 2.45) is 0 Å². The molecule has 1 N–H and O–H groups in total. The number of allylic oxidation sites excluding steroid dienone is 2. The van der Waals surface area contributed by atoms with E-state index in [-0.39, 0.29) is 5.54 Å². The maximum absolute atomic E-state index is 4.25. The van der Waals surface area contributed by atoms with E-state index >= 15 is 0 Å².